The lowest BCUT2D eigenvalue weighted by atomic mass is 9.88. The fourth-order valence-electron chi connectivity index (χ4n) is 1.73. The minimum absolute atomic E-state index is 0.209. The van der Waals surface area contributed by atoms with Crippen LogP contribution in [0.4, 0.5) is 0 Å². The highest BCUT2D eigenvalue weighted by Gasteiger charge is 2.32. The second-order valence-corrected chi connectivity index (χ2v) is 3.71. The quantitative estimate of drug-likeness (QED) is 0.654. The van der Waals surface area contributed by atoms with E-state index < -0.39 is 5.60 Å². The Morgan fingerprint density at radius 1 is 1.67 bits per heavy atom. The van der Waals surface area contributed by atoms with Crippen LogP contribution in [-0.2, 0) is 4.74 Å². The molecule has 12 heavy (non-hydrogen) atoms. The van der Waals surface area contributed by atoms with Gasteiger partial charge in [0.1, 0.15) is 0 Å². The van der Waals surface area contributed by atoms with Crippen LogP contribution in [0.1, 0.15) is 26.2 Å². The van der Waals surface area contributed by atoms with Crippen molar-refractivity contribution in [3.63, 3.8) is 0 Å². The third kappa shape index (κ3) is 2.73. The standard InChI is InChI=1S/C9H19NO2/c1-8-7-9(11,3-5-10-2)4-6-12-8/h8,10-11H,3-7H2,1-2H3. The fourth-order valence-corrected chi connectivity index (χ4v) is 1.73. The van der Waals surface area contributed by atoms with E-state index in [2.05, 4.69) is 5.32 Å². The summed E-state index contributed by atoms with van der Waals surface area (Å²) in [7, 11) is 1.91. The highest BCUT2D eigenvalue weighted by atomic mass is 16.5. The first kappa shape index (κ1) is 9.96. The molecule has 1 rings (SSSR count). The molecule has 1 aliphatic rings. The van der Waals surface area contributed by atoms with E-state index in [0.717, 1.165) is 25.8 Å². The van der Waals surface area contributed by atoms with E-state index in [4.69, 9.17) is 4.74 Å². The van der Waals surface area contributed by atoms with E-state index in [0.29, 0.717) is 6.61 Å². The molecule has 72 valence electrons. The minimum Gasteiger partial charge on any atom is -0.390 e. The van der Waals surface area contributed by atoms with Crippen molar-refractivity contribution in [2.45, 2.75) is 37.9 Å². The molecule has 0 aliphatic carbocycles. The van der Waals surface area contributed by atoms with Gasteiger partial charge in [0.2, 0.25) is 0 Å². The van der Waals surface area contributed by atoms with Crippen LogP contribution >= 0.6 is 0 Å². The van der Waals surface area contributed by atoms with Gasteiger partial charge >= 0.3 is 0 Å². The molecule has 0 amide bonds. The second kappa shape index (κ2) is 4.21. The number of ether oxygens (including phenoxy) is 1. The maximum absolute atomic E-state index is 10.1. The summed E-state index contributed by atoms with van der Waals surface area (Å²) >= 11 is 0. The number of nitrogens with one attached hydrogen (secondary N) is 1. The van der Waals surface area contributed by atoms with Gasteiger partial charge in [-0.05, 0) is 33.4 Å². The number of rotatable bonds is 3. The topological polar surface area (TPSA) is 41.5 Å². The first-order chi connectivity index (χ1) is 5.66. The van der Waals surface area contributed by atoms with Crippen molar-refractivity contribution in [2.24, 2.45) is 0 Å². The molecular weight excluding hydrogens is 154 g/mol. The lowest BCUT2D eigenvalue weighted by molar-refractivity contribution is -0.0997. The van der Waals surface area contributed by atoms with Crippen molar-refractivity contribution < 1.29 is 9.84 Å². The van der Waals surface area contributed by atoms with Crippen molar-refractivity contribution in [1.82, 2.24) is 5.32 Å². The van der Waals surface area contributed by atoms with Crippen molar-refractivity contribution in [2.75, 3.05) is 20.2 Å². The summed E-state index contributed by atoms with van der Waals surface area (Å²) in [5.74, 6) is 0. The SMILES string of the molecule is CNCCC1(O)CCOC(C)C1. The van der Waals surface area contributed by atoms with Gasteiger partial charge in [-0.25, -0.2) is 0 Å². The van der Waals surface area contributed by atoms with Gasteiger partial charge < -0.3 is 15.2 Å². The summed E-state index contributed by atoms with van der Waals surface area (Å²) < 4.78 is 5.37. The largest absolute Gasteiger partial charge is 0.390 e. The monoisotopic (exact) mass is 173 g/mol. The van der Waals surface area contributed by atoms with Crippen LogP contribution in [0.2, 0.25) is 0 Å². The molecule has 1 saturated heterocycles. The average Bonchev–Trinajstić information content (AvgIpc) is 2.01. The van der Waals surface area contributed by atoms with Gasteiger partial charge in [-0.3, -0.25) is 0 Å². The van der Waals surface area contributed by atoms with Crippen LogP contribution in [0.25, 0.3) is 0 Å². The first-order valence-electron chi connectivity index (χ1n) is 4.65. The first-order valence-corrected chi connectivity index (χ1v) is 4.65. The van der Waals surface area contributed by atoms with Crippen molar-refractivity contribution >= 4 is 0 Å². The van der Waals surface area contributed by atoms with Gasteiger partial charge in [-0.1, -0.05) is 0 Å². The van der Waals surface area contributed by atoms with Gasteiger partial charge in [0.05, 0.1) is 11.7 Å². The summed E-state index contributed by atoms with van der Waals surface area (Å²) in [6, 6.07) is 0. The second-order valence-electron chi connectivity index (χ2n) is 3.71. The molecule has 0 aromatic heterocycles. The Labute approximate surface area is 74.1 Å². The average molecular weight is 173 g/mol. The smallest absolute Gasteiger partial charge is 0.0706 e. The predicted octanol–water partition coefficient (Wildman–Crippen LogP) is 0.526. The zero-order valence-electron chi connectivity index (χ0n) is 7.97. The zero-order chi connectivity index (χ0) is 9.03. The lowest BCUT2D eigenvalue weighted by Crippen LogP contribution is -2.41. The maximum atomic E-state index is 10.1. The Bertz CT molecular complexity index is 140. The third-order valence-electron chi connectivity index (χ3n) is 2.48. The van der Waals surface area contributed by atoms with E-state index in [1.165, 1.54) is 0 Å². The minimum atomic E-state index is -0.485. The Morgan fingerprint density at radius 3 is 3.00 bits per heavy atom. The summed E-state index contributed by atoms with van der Waals surface area (Å²) in [6.07, 6.45) is 2.59. The lowest BCUT2D eigenvalue weighted by Gasteiger charge is -2.35. The summed E-state index contributed by atoms with van der Waals surface area (Å²) in [5, 5.41) is 13.1. The van der Waals surface area contributed by atoms with Crippen LogP contribution < -0.4 is 5.32 Å². The van der Waals surface area contributed by atoms with Crippen molar-refractivity contribution in [3.05, 3.63) is 0 Å². The van der Waals surface area contributed by atoms with E-state index in [1.54, 1.807) is 0 Å². The Hall–Kier alpha value is -0.120. The van der Waals surface area contributed by atoms with Crippen LogP contribution in [0.5, 0.6) is 0 Å². The third-order valence-corrected chi connectivity index (χ3v) is 2.48. The molecule has 3 nitrogen and oxygen atoms in total. The maximum Gasteiger partial charge on any atom is 0.0706 e. The molecule has 3 heteroatoms. The number of hydrogen-bond donors (Lipinski definition) is 2. The molecule has 0 bridgehead atoms. The van der Waals surface area contributed by atoms with Gasteiger partial charge in [0.25, 0.3) is 0 Å². The van der Waals surface area contributed by atoms with Crippen LogP contribution in [0, 0.1) is 0 Å². The molecule has 2 unspecified atom stereocenters. The molecule has 2 atom stereocenters. The van der Waals surface area contributed by atoms with Crippen molar-refractivity contribution in [1.29, 1.82) is 0 Å². The van der Waals surface area contributed by atoms with Crippen LogP contribution in [-0.4, -0.2) is 37.0 Å². The summed E-state index contributed by atoms with van der Waals surface area (Å²) in [4.78, 5) is 0. The van der Waals surface area contributed by atoms with Crippen LogP contribution in [0.3, 0.4) is 0 Å². The molecule has 1 aliphatic heterocycles. The molecule has 0 aromatic rings. The number of hydrogen-bond acceptors (Lipinski definition) is 3. The fraction of sp³-hybridized carbons (Fsp3) is 1.00. The van der Waals surface area contributed by atoms with Gasteiger partial charge in [-0.15, -0.1) is 0 Å². The number of aliphatic hydroxyl groups is 1. The molecule has 0 saturated carbocycles. The van der Waals surface area contributed by atoms with Gasteiger partial charge in [0, 0.05) is 13.0 Å². The Morgan fingerprint density at radius 2 is 2.42 bits per heavy atom. The Kier molecular flexibility index (Phi) is 3.50. The van der Waals surface area contributed by atoms with E-state index in [9.17, 15) is 5.11 Å². The summed E-state index contributed by atoms with van der Waals surface area (Å²) in [5.41, 5.74) is -0.485. The van der Waals surface area contributed by atoms with E-state index in [1.807, 2.05) is 14.0 Å². The Balaban J connectivity index is 2.35. The van der Waals surface area contributed by atoms with Crippen molar-refractivity contribution in [3.8, 4) is 0 Å². The molecular formula is C9H19NO2. The highest BCUT2D eigenvalue weighted by molar-refractivity contribution is 4.84. The summed E-state index contributed by atoms with van der Waals surface area (Å²) in [6.45, 7) is 3.59. The van der Waals surface area contributed by atoms with E-state index in [-0.39, 0.29) is 6.10 Å². The highest BCUT2D eigenvalue weighted by Crippen LogP contribution is 2.27. The molecule has 2 N–H and O–H groups in total. The molecule has 1 heterocycles. The normalized spacial score (nSPS) is 36.8. The molecule has 1 fully saturated rings. The predicted molar refractivity (Wildman–Crippen MR) is 48.1 cm³/mol. The van der Waals surface area contributed by atoms with Crippen LogP contribution in [0.15, 0.2) is 0 Å². The molecule has 0 aromatic carbocycles. The van der Waals surface area contributed by atoms with Gasteiger partial charge in [0.15, 0.2) is 0 Å². The molecule has 0 spiro atoms. The zero-order valence-corrected chi connectivity index (χ0v) is 7.97. The molecule has 0 radical (unpaired) electrons. The van der Waals surface area contributed by atoms with E-state index >= 15 is 0 Å². The van der Waals surface area contributed by atoms with Gasteiger partial charge in [-0.2, -0.15) is 0 Å².